The van der Waals surface area contributed by atoms with Crippen LogP contribution in [-0.2, 0) is 19.6 Å². The molecule has 2 bridgehead atoms. The molecule has 3 aromatic rings. The molecule has 1 N–H and O–H groups in total. The molecule has 6 rings (SSSR count). The van der Waals surface area contributed by atoms with Crippen LogP contribution in [-0.4, -0.2) is 58.7 Å². The van der Waals surface area contributed by atoms with E-state index in [1.807, 2.05) is 34.9 Å². The molecule has 2 unspecified atom stereocenters. The predicted octanol–water partition coefficient (Wildman–Crippen LogP) is 3.95. The lowest BCUT2D eigenvalue weighted by Crippen LogP contribution is -2.46. The van der Waals surface area contributed by atoms with Gasteiger partial charge in [-0.1, -0.05) is 17.7 Å². The molecule has 8 nitrogen and oxygen atoms in total. The van der Waals surface area contributed by atoms with Crippen LogP contribution in [0.15, 0.2) is 62.5 Å². The molecule has 0 aliphatic carbocycles. The number of benzene rings is 1. The van der Waals surface area contributed by atoms with E-state index < -0.39 is 5.43 Å². The minimum Gasteiger partial charge on any atom is -0.502 e. The van der Waals surface area contributed by atoms with Gasteiger partial charge in [0.1, 0.15) is 5.76 Å². The summed E-state index contributed by atoms with van der Waals surface area (Å²) in [6.45, 7) is 6.57. The van der Waals surface area contributed by atoms with E-state index in [1.54, 1.807) is 6.07 Å². The lowest BCUT2D eigenvalue weighted by Gasteiger charge is -2.42. The number of nitrogens with zero attached hydrogens (tertiary/aromatic N) is 4. The van der Waals surface area contributed by atoms with Crippen molar-refractivity contribution in [3.8, 4) is 5.75 Å². The highest BCUT2D eigenvalue weighted by Gasteiger charge is 2.34. The molecule has 0 saturated carbocycles. The van der Waals surface area contributed by atoms with Gasteiger partial charge in [0.15, 0.2) is 5.76 Å². The third-order valence-electron chi connectivity index (χ3n) is 7.91. The number of anilines is 1. The van der Waals surface area contributed by atoms with Crippen molar-refractivity contribution in [2.45, 2.75) is 32.0 Å². The number of piperidine rings is 1. The normalized spacial score (nSPS) is 21.0. The van der Waals surface area contributed by atoms with E-state index >= 15 is 0 Å². The first-order valence-corrected chi connectivity index (χ1v) is 13.3. The fourth-order valence-electron chi connectivity index (χ4n) is 6.14. The van der Waals surface area contributed by atoms with Gasteiger partial charge < -0.3 is 19.0 Å². The summed E-state index contributed by atoms with van der Waals surface area (Å²) in [6, 6.07) is 14.8. The Morgan fingerprint density at radius 2 is 1.64 bits per heavy atom. The fourth-order valence-corrected chi connectivity index (χ4v) is 6.26. The Balaban J connectivity index is 0.00000176. The molecular formula is C28H33Cl3N4O4. The third kappa shape index (κ3) is 6.31. The summed E-state index contributed by atoms with van der Waals surface area (Å²) in [7, 11) is 0. The van der Waals surface area contributed by atoms with Crippen LogP contribution in [0.3, 0.4) is 0 Å². The van der Waals surface area contributed by atoms with Crippen LogP contribution in [0.1, 0.15) is 29.6 Å². The summed E-state index contributed by atoms with van der Waals surface area (Å²) in [5.74, 6) is 1.29. The van der Waals surface area contributed by atoms with Crippen LogP contribution in [0.5, 0.6) is 5.75 Å². The first kappa shape index (κ1) is 29.5. The Morgan fingerprint density at radius 1 is 0.897 bits per heavy atom. The summed E-state index contributed by atoms with van der Waals surface area (Å²) >= 11 is 6.01. The highest BCUT2D eigenvalue weighted by atomic mass is 35.5. The van der Waals surface area contributed by atoms with E-state index in [0.717, 1.165) is 68.6 Å². The largest absolute Gasteiger partial charge is 0.502 e. The van der Waals surface area contributed by atoms with Crippen molar-refractivity contribution >= 4 is 42.1 Å². The highest BCUT2D eigenvalue weighted by Crippen LogP contribution is 2.35. The first-order chi connectivity index (χ1) is 17.9. The minimum absolute atomic E-state index is 0. The van der Waals surface area contributed by atoms with Crippen molar-refractivity contribution in [3.05, 3.63) is 91.3 Å². The molecule has 210 valence electrons. The van der Waals surface area contributed by atoms with E-state index in [4.69, 9.17) is 16.0 Å². The topological polar surface area (TPSA) is 82.2 Å². The molecule has 3 aliphatic rings. The van der Waals surface area contributed by atoms with Crippen LogP contribution < -0.4 is 15.9 Å². The van der Waals surface area contributed by atoms with Gasteiger partial charge in [-0.15, -0.1) is 24.8 Å². The van der Waals surface area contributed by atoms with Crippen molar-refractivity contribution in [2.75, 3.05) is 44.2 Å². The maximum Gasteiger partial charge on any atom is 0.250 e. The molecule has 2 atom stereocenters. The van der Waals surface area contributed by atoms with Crippen LogP contribution in [0.25, 0.3) is 0 Å². The number of aromatic nitrogens is 1. The number of halogens is 3. The molecule has 2 fully saturated rings. The number of pyridine rings is 1. The van der Waals surface area contributed by atoms with Gasteiger partial charge in [0.05, 0.1) is 13.1 Å². The molecule has 1 aromatic carbocycles. The Kier molecular flexibility index (Phi) is 9.34. The van der Waals surface area contributed by atoms with E-state index in [9.17, 15) is 14.7 Å². The summed E-state index contributed by atoms with van der Waals surface area (Å²) in [6.07, 6.45) is 1.08. The highest BCUT2D eigenvalue weighted by molar-refractivity contribution is 6.30. The molecule has 0 amide bonds. The number of hydrogen-bond donors (Lipinski definition) is 1. The lowest BCUT2D eigenvalue weighted by molar-refractivity contribution is 0.105. The van der Waals surface area contributed by atoms with Gasteiger partial charge in [-0.05, 0) is 42.7 Å². The number of fused-ring (bicyclic) bond motifs is 4. The van der Waals surface area contributed by atoms with Gasteiger partial charge >= 0.3 is 0 Å². The quantitative estimate of drug-likeness (QED) is 0.479. The summed E-state index contributed by atoms with van der Waals surface area (Å²) in [5, 5.41) is 11.2. The van der Waals surface area contributed by atoms with Gasteiger partial charge in [0.25, 0.3) is 5.56 Å². The van der Waals surface area contributed by atoms with E-state index in [0.29, 0.717) is 36.4 Å². The van der Waals surface area contributed by atoms with Gasteiger partial charge in [0, 0.05) is 80.3 Å². The second-order valence-corrected chi connectivity index (χ2v) is 10.9. The number of rotatable bonds is 5. The summed E-state index contributed by atoms with van der Waals surface area (Å²) in [4.78, 5) is 31.7. The first-order valence-electron chi connectivity index (χ1n) is 12.9. The fraction of sp³-hybridized carbons (Fsp3) is 0.429. The molecular weight excluding hydrogens is 563 g/mol. The Labute approximate surface area is 244 Å². The van der Waals surface area contributed by atoms with Crippen molar-refractivity contribution < 1.29 is 9.52 Å². The minimum atomic E-state index is -0.398. The van der Waals surface area contributed by atoms with Crippen LogP contribution in [0.4, 0.5) is 5.69 Å². The zero-order valence-corrected chi connectivity index (χ0v) is 23.9. The molecule has 39 heavy (non-hydrogen) atoms. The SMILES string of the molecule is Cl.Cl.O=c1cc(CN2CC3CC(C2)c2cccc(=O)n2C3)oc(CN2CCN(c3ccc(Cl)cc3)CC2)c1O. The van der Waals surface area contributed by atoms with Gasteiger partial charge in [-0.3, -0.25) is 19.4 Å². The van der Waals surface area contributed by atoms with Crippen molar-refractivity contribution in [1.29, 1.82) is 0 Å². The number of aromatic hydroxyl groups is 1. The Morgan fingerprint density at radius 3 is 2.38 bits per heavy atom. The standard InChI is InChI=1S/C28H31ClN4O4.2ClH/c29-21-4-6-22(7-5-21)32-10-8-30(9-11-32)18-26-28(36)25(34)13-23(37-26)17-31-14-19-12-20(16-31)24-2-1-3-27(35)33(24)15-19;;/h1-7,13,19-20,36H,8-12,14-18H2;2*1H. The van der Waals surface area contributed by atoms with Gasteiger partial charge in [-0.25, -0.2) is 0 Å². The van der Waals surface area contributed by atoms with E-state index in [-0.39, 0.29) is 36.1 Å². The predicted molar refractivity (Wildman–Crippen MR) is 157 cm³/mol. The summed E-state index contributed by atoms with van der Waals surface area (Å²) < 4.78 is 8.03. The van der Waals surface area contributed by atoms with Crippen LogP contribution in [0, 0.1) is 5.92 Å². The average molecular weight is 596 g/mol. The maximum absolute atomic E-state index is 12.6. The average Bonchev–Trinajstić information content (AvgIpc) is 2.89. The molecule has 2 saturated heterocycles. The molecule has 0 spiro atoms. The van der Waals surface area contributed by atoms with E-state index in [2.05, 4.69) is 20.8 Å². The maximum atomic E-state index is 12.6. The van der Waals surface area contributed by atoms with Crippen molar-refractivity contribution in [3.63, 3.8) is 0 Å². The van der Waals surface area contributed by atoms with Gasteiger partial charge in [-0.2, -0.15) is 0 Å². The molecule has 0 radical (unpaired) electrons. The molecule has 3 aliphatic heterocycles. The molecule has 2 aromatic heterocycles. The zero-order chi connectivity index (χ0) is 25.5. The van der Waals surface area contributed by atoms with E-state index in [1.165, 1.54) is 6.07 Å². The van der Waals surface area contributed by atoms with Gasteiger partial charge in [0.2, 0.25) is 11.2 Å². The zero-order valence-electron chi connectivity index (χ0n) is 21.5. The lowest BCUT2D eigenvalue weighted by atomic mass is 9.83. The molecule has 11 heteroatoms. The van der Waals surface area contributed by atoms with Crippen molar-refractivity contribution in [1.82, 2.24) is 14.4 Å². The second-order valence-electron chi connectivity index (χ2n) is 10.5. The monoisotopic (exact) mass is 594 g/mol. The third-order valence-corrected chi connectivity index (χ3v) is 8.16. The molecule has 5 heterocycles. The number of likely N-dealkylation sites (tertiary alicyclic amines) is 1. The Hall–Kier alpha value is -2.49. The summed E-state index contributed by atoms with van der Waals surface area (Å²) in [5.41, 5.74) is 1.91. The Bertz CT molecular complexity index is 1400. The van der Waals surface area contributed by atoms with Crippen molar-refractivity contribution in [2.24, 2.45) is 5.92 Å². The smallest absolute Gasteiger partial charge is 0.250 e. The second kappa shape index (κ2) is 12.4. The number of piperazine rings is 1. The van der Waals surface area contributed by atoms with Crippen LogP contribution in [0.2, 0.25) is 5.02 Å². The number of hydrogen-bond acceptors (Lipinski definition) is 7. The van der Waals surface area contributed by atoms with Crippen LogP contribution >= 0.6 is 36.4 Å².